The quantitative estimate of drug-likeness (QED) is 0.427. The summed E-state index contributed by atoms with van der Waals surface area (Å²) in [6.45, 7) is 0. The molecule has 0 bridgehead atoms. The second-order valence-electron chi connectivity index (χ2n) is 2.16. The van der Waals surface area contributed by atoms with E-state index in [9.17, 15) is 0 Å². The lowest BCUT2D eigenvalue weighted by Crippen LogP contribution is -2.11. The largest absolute Gasteiger partial charge is 0.384 e. The molecule has 0 heterocycles. The molecule has 1 aliphatic rings. The fourth-order valence-electron chi connectivity index (χ4n) is 0.746. The summed E-state index contributed by atoms with van der Waals surface area (Å²) < 4.78 is 0. The molecule has 0 aliphatic heterocycles. The van der Waals surface area contributed by atoms with Crippen molar-refractivity contribution in [3.05, 3.63) is 48.1 Å². The van der Waals surface area contributed by atoms with Gasteiger partial charge < -0.3 is 5.73 Å². The predicted molar refractivity (Wildman–Crippen MR) is 47.4 cm³/mol. The molecule has 56 valence electrons. The summed E-state index contributed by atoms with van der Waals surface area (Å²) in [5, 5.41) is 7.16. The molecule has 1 rings (SSSR count). The van der Waals surface area contributed by atoms with Crippen LogP contribution < -0.4 is 5.73 Å². The van der Waals surface area contributed by atoms with Gasteiger partial charge in [0.2, 0.25) is 0 Å². The van der Waals surface area contributed by atoms with Crippen molar-refractivity contribution < 1.29 is 0 Å². The lowest BCUT2D eigenvalue weighted by molar-refractivity contribution is 1.43. The molecule has 0 unspecified atom stereocenters. The number of rotatable bonds is 1. The van der Waals surface area contributed by atoms with Crippen molar-refractivity contribution in [2.75, 3.05) is 0 Å². The molecule has 0 fully saturated rings. The second-order valence-corrected chi connectivity index (χ2v) is 2.16. The molecule has 11 heavy (non-hydrogen) atoms. The molecule has 1 aliphatic carbocycles. The first-order valence-corrected chi connectivity index (χ1v) is 3.37. The molecule has 2 nitrogen and oxygen atoms in total. The standard InChI is InChI=1S/C9H10N2/c10-9(11)8-6-4-2-1-3-5-7-8/h1-7H,(H3,10,11)/b2-1-,3-1?,4-2?,5-3-,6-4-,7-5?,8-6?,8-7+. The molecule has 2 heteroatoms. The van der Waals surface area contributed by atoms with Crippen LogP contribution in [0.1, 0.15) is 0 Å². The number of hydrogen-bond acceptors (Lipinski definition) is 1. The highest BCUT2D eigenvalue weighted by Crippen LogP contribution is 1.99. The van der Waals surface area contributed by atoms with E-state index >= 15 is 0 Å². The Hall–Kier alpha value is -1.57. The van der Waals surface area contributed by atoms with Gasteiger partial charge in [-0.15, -0.1) is 0 Å². The van der Waals surface area contributed by atoms with Crippen LogP contribution in [0.15, 0.2) is 48.1 Å². The summed E-state index contributed by atoms with van der Waals surface area (Å²) in [4.78, 5) is 0. The molecular weight excluding hydrogens is 136 g/mol. The SMILES string of the molecule is N=C(N)C1=C/C=C\C=C/C=C\1. The highest BCUT2D eigenvalue weighted by molar-refractivity contribution is 5.97. The number of hydrogen-bond donors (Lipinski definition) is 2. The molecule has 0 atom stereocenters. The maximum atomic E-state index is 7.16. The highest BCUT2D eigenvalue weighted by atomic mass is 14.7. The Kier molecular flexibility index (Phi) is 2.44. The molecule has 0 saturated heterocycles. The number of amidine groups is 1. The molecule has 0 aromatic rings. The summed E-state index contributed by atoms with van der Waals surface area (Å²) in [6, 6.07) is 0. The smallest absolute Gasteiger partial charge is 0.122 e. The van der Waals surface area contributed by atoms with Crippen LogP contribution in [-0.2, 0) is 0 Å². The molecule has 0 amide bonds. The van der Waals surface area contributed by atoms with Crippen LogP contribution in [0.5, 0.6) is 0 Å². The van der Waals surface area contributed by atoms with E-state index in [1.807, 2.05) is 42.5 Å². The fraction of sp³-hybridized carbons (Fsp3) is 0. The third-order valence-electron chi connectivity index (χ3n) is 1.31. The van der Waals surface area contributed by atoms with Gasteiger partial charge in [0, 0.05) is 5.57 Å². The van der Waals surface area contributed by atoms with Gasteiger partial charge >= 0.3 is 0 Å². The van der Waals surface area contributed by atoms with E-state index in [-0.39, 0.29) is 5.84 Å². The Labute approximate surface area is 65.9 Å². The highest BCUT2D eigenvalue weighted by Gasteiger charge is 1.92. The van der Waals surface area contributed by atoms with Crippen LogP contribution in [0.25, 0.3) is 0 Å². The Morgan fingerprint density at radius 1 is 1.09 bits per heavy atom. The van der Waals surface area contributed by atoms with Gasteiger partial charge in [-0.3, -0.25) is 5.41 Å². The minimum Gasteiger partial charge on any atom is -0.384 e. The first kappa shape index (κ1) is 7.54. The minimum atomic E-state index is 0.0983. The zero-order valence-electron chi connectivity index (χ0n) is 6.12. The number of allylic oxidation sites excluding steroid dienone is 6. The van der Waals surface area contributed by atoms with Crippen LogP contribution >= 0.6 is 0 Å². The Bertz CT molecular complexity index is 267. The van der Waals surface area contributed by atoms with Gasteiger partial charge in [-0.25, -0.2) is 0 Å². The zero-order chi connectivity index (χ0) is 8.10. The van der Waals surface area contributed by atoms with Gasteiger partial charge in [-0.2, -0.15) is 0 Å². The van der Waals surface area contributed by atoms with Gasteiger partial charge in [-0.1, -0.05) is 42.5 Å². The first-order valence-electron chi connectivity index (χ1n) is 3.37. The average Bonchev–Trinajstić information content (AvgIpc) is 1.84. The van der Waals surface area contributed by atoms with Crippen LogP contribution in [0, 0.1) is 5.41 Å². The average molecular weight is 146 g/mol. The minimum absolute atomic E-state index is 0.0983. The third-order valence-corrected chi connectivity index (χ3v) is 1.31. The maximum absolute atomic E-state index is 7.16. The maximum Gasteiger partial charge on any atom is 0.122 e. The second kappa shape index (κ2) is 3.56. The topological polar surface area (TPSA) is 49.9 Å². The lowest BCUT2D eigenvalue weighted by atomic mass is 10.2. The van der Waals surface area contributed by atoms with E-state index in [0.717, 1.165) is 5.57 Å². The van der Waals surface area contributed by atoms with Gasteiger partial charge in [0.05, 0.1) is 0 Å². The summed E-state index contributed by atoms with van der Waals surface area (Å²) in [6.07, 6.45) is 13.0. The van der Waals surface area contributed by atoms with Crippen molar-refractivity contribution in [3.8, 4) is 0 Å². The zero-order valence-corrected chi connectivity index (χ0v) is 6.12. The van der Waals surface area contributed by atoms with E-state index < -0.39 is 0 Å². The summed E-state index contributed by atoms with van der Waals surface area (Å²) >= 11 is 0. The Balaban J connectivity index is 2.87. The van der Waals surface area contributed by atoms with Crippen molar-refractivity contribution in [2.24, 2.45) is 5.73 Å². The van der Waals surface area contributed by atoms with Crippen molar-refractivity contribution in [2.45, 2.75) is 0 Å². The first-order chi connectivity index (χ1) is 5.30. The fourth-order valence-corrected chi connectivity index (χ4v) is 0.746. The van der Waals surface area contributed by atoms with E-state index in [0.29, 0.717) is 0 Å². The van der Waals surface area contributed by atoms with Crippen LogP contribution in [0.2, 0.25) is 0 Å². The van der Waals surface area contributed by atoms with E-state index in [2.05, 4.69) is 0 Å². The third kappa shape index (κ3) is 2.26. The van der Waals surface area contributed by atoms with Crippen molar-refractivity contribution in [3.63, 3.8) is 0 Å². The normalized spacial score (nSPS) is 28.9. The monoisotopic (exact) mass is 146 g/mol. The Morgan fingerprint density at radius 3 is 2.45 bits per heavy atom. The van der Waals surface area contributed by atoms with E-state index in [4.69, 9.17) is 11.1 Å². The molecule has 0 spiro atoms. The van der Waals surface area contributed by atoms with Gasteiger partial charge in [0.15, 0.2) is 0 Å². The van der Waals surface area contributed by atoms with E-state index in [1.54, 1.807) is 0 Å². The van der Waals surface area contributed by atoms with Crippen LogP contribution in [0.4, 0.5) is 0 Å². The Morgan fingerprint density at radius 2 is 1.73 bits per heavy atom. The number of nitrogens with two attached hydrogens (primary N) is 1. The van der Waals surface area contributed by atoms with Gasteiger partial charge in [0.1, 0.15) is 5.84 Å². The predicted octanol–water partition coefficient (Wildman–Crippen LogP) is 1.53. The van der Waals surface area contributed by atoms with Crippen LogP contribution in [-0.4, -0.2) is 5.84 Å². The summed E-state index contributed by atoms with van der Waals surface area (Å²) in [5.41, 5.74) is 6.03. The van der Waals surface area contributed by atoms with Crippen molar-refractivity contribution in [1.82, 2.24) is 0 Å². The summed E-state index contributed by atoms with van der Waals surface area (Å²) in [5.74, 6) is 0.0983. The molecular formula is C9H10N2. The molecule has 0 aromatic heterocycles. The van der Waals surface area contributed by atoms with Crippen molar-refractivity contribution >= 4 is 5.84 Å². The van der Waals surface area contributed by atoms with Gasteiger partial charge in [-0.05, 0) is 0 Å². The number of nitrogens with one attached hydrogen (secondary N) is 1. The summed E-state index contributed by atoms with van der Waals surface area (Å²) in [7, 11) is 0. The molecule has 0 aromatic carbocycles. The van der Waals surface area contributed by atoms with Gasteiger partial charge in [0.25, 0.3) is 0 Å². The molecule has 3 N–H and O–H groups in total. The lowest BCUT2D eigenvalue weighted by Gasteiger charge is -1.96. The van der Waals surface area contributed by atoms with Crippen LogP contribution in [0.3, 0.4) is 0 Å². The van der Waals surface area contributed by atoms with E-state index in [1.165, 1.54) is 0 Å². The van der Waals surface area contributed by atoms with Crippen molar-refractivity contribution in [1.29, 1.82) is 5.41 Å². The molecule has 0 radical (unpaired) electrons. The molecule has 0 saturated carbocycles.